The van der Waals surface area contributed by atoms with Crippen LogP contribution in [0.1, 0.15) is 5.76 Å². The number of likely N-dealkylation sites (N-methyl/N-ethyl adjacent to an activating group) is 1. The molecule has 10 heteroatoms. The first-order valence-corrected chi connectivity index (χ1v) is 10.9. The zero-order valence-corrected chi connectivity index (χ0v) is 18.7. The Labute approximate surface area is 192 Å². The van der Waals surface area contributed by atoms with Crippen LogP contribution in [0.5, 0.6) is 0 Å². The minimum atomic E-state index is -0.379. The lowest BCUT2D eigenvalue weighted by Gasteiger charge is -2.17. The second-order valence-corrected chi connectivity index (χ2v) is 8.60. The fourth-order valence-electron chi connectivity index (χ4n) is 3.04. The van der Waals surface area contributed by atoms with Crippen molar-refractivity contribution in [1.82, 2.24) is 19.8 Å². The summed E-state index contributed by atoms with van der Waals surface area (Å²) in [6.45, 7) is -0.107. The molecule has 1 aromatic carbocycles. The van der Waals surface area contributed by atoms with Crippen LogP contribution in [0.2, 0.25) is 5.02 Å². The maximum Gasteiger partial charge on any atom is 0.271 e. The van der Waals surface area contributed by atoms with Gasteiger partial charge in [-0.1, -0.05) is 23.7 Å². The van der Waals surface area contributed by atoms with Crippen LogP contribution in [-0.2, 0) is 22.7 Å². The lowest BCUT2D eigenvalue weighted by Crippen LogP contribution is -2.40. The van der Waals surface area contributed by atoms with E-state index < -0.39 is 0 Å². The summed E-state index contributed by atoms with van der Waals surface area (Å²) in [6, 6.07) is 12.6. The maximum atomic E-state index is 12.9. The van der Waals surface area contributed by atoms with Crippen LogP contribution in [0.4, 0.5) is 0 Å². The molecule has 0 aliphatic heterocycles. The lowest BCUT2D eigenvalue weighted by atomic mass is 10.2. The average Bonchev–Trinajstić information content (AvgIpc) is 3.45. The summed E-state index contributed by atoms with van der Waals surface area (Å²) in [5.74, 6) is -0.0907. The van der Waals surface area contributed by atoms with Gasteiger partial charge in [-0.3, -0.25) is 19.0 Å². The Balaban J connectivity index is 1.43. The monoisotopic (exact) mass is 470 g/mol. The number of nitrogens with one attached hydrogen (secondary N) is 1. The minimum Gasteiger partial charge on any atom is -0.467 e. The molecule has 2 amide bonds. The number of aromatic nitrogens is 2. The van der Waals surface area contributed by atoms with Crippen molar-refractivity contribution in [3.63, 3.8) is 0 Å². The van der Waals surface area contributed by atoms with E-state index in [0.29, 0.717) is 21.0 Å². The van der Waals surface area contributed by atoms with Crippen LogP contribution < -0.4 is 10.9 Å². The molecule has 3 heterocycles. The lowest BCUT2D eigenvalue weighted by molar-refractivity contribution is -0.135. The van der Waals surface area contributed by atoms with Gasteiger partial charge in [0, 0.05) is 16.9 Å². The van der Waals surface area contributed by atoms with E-state index in [2.05, 4.69) is 10.3 Å². The smallest absolute Gasteiger partial charge is 0.271 e. The van der Waals surface area contributed by atoms with Gasteiger partial charge in [0.15, 0.2) is 0 Å². The molecule has 0 aliphatic carbocycles. The number of nitrogens with zero attached hydrogens (tertiary/aromatic N) is 3. The number of fused-ring (bicyclic) bond motifs is 1. The van der Waals surface area contributed by atoms with Crippen molar-refractivity contribution in [2.75, 3.05) is 13.6 Å². The molecule has 0 fully saturated rings. The van der Waals surface area contributed by atoms with Gasteiger partial charge in [0.25, 0.3) is 5.56 Å². The van der Waals surface area contributed by atoms with E-state index in [9.17, 15) is 14.4 Å². The summed E-state index contributed by atoms with van der Waals surface area (Å²) < 4.78 is 6.87. The molecule has 8 nitrogen and oxygen atoms in total. The van der Waals surface area contributed by atoms with Gasteiger partial charge >= 0.3 is 0 Å². The Morgan fingerprint density at radius 1 is 1.25 bits per heavy atom. The molecular weight excluding hydrogens is 452 g/mol. The molecule has 0 bridgehead atoms. The van der Waals surface area contributed by atoms with Crippen LogP contribution in [-0.4, -0.2) is 39.9 Å². The molecule has 32 heavy (non-hydrogen) atoms. The quantitative estimate of drug-likeness (QED) is 0.447. The van der Waals surface area contributed by atoms with Crippen LogP contribution in [0, 0.1) is 0 Å². The Kier molecular flexibility index (Phi) is 6.38. The van der Waals surface area contributed by atoms with Crippen LogP contribution in [0.15, 0.2) is 64.3 Å². The first-order chi connectivity index (χ1) is 15.4. The molecule has 0 spiro atoms. The molecule has 0 atom stereocenters. The summed E-state index contributed by atoms with van der Waals surface area (Å²) >= 11 is 7.25. The summed E-state index contributed by atoms with van der Waals surface area (Å²) in [5.41, 5.74) is 1.20. The second kappa shape index (κ2) is 9.37. The van der Waals surface area contributed by atoms with Crippen molar-refractivity contribution in [3.8, 4) is 10.4 Å². The van der Waals surface area contributed by atoms with Gasteiger partial charge in [0.1, 0.15) is 17.0 Å². The van der Waals surface area contributed by atoms with Crippen molar-refractivity contribution in [2.24, 2.45) is 0 Å². The van der Waals surface area contributed by atoms with E-state index in [1.54, 1.807) is 24.3 Å². The molecule has 3 aromatic heterocycles. The Bertz CT molecular complexity index is 1310. The predicted molar refractivity (Wildman–Crippen MR) is 123 cm³/mol. The topological polar surface area (TPSA) is 97.4 Å². The van der Waals surface area contributed by atoms with Crippen LogP contribution in [0.3, 0.4) is 0 Å². The number of halogens is 1. The largest absolute Gasteiger partial charge is 0.467 e. The summed E-state index contributed by atoms with van der Waals surface area (Å²) in [4.78, 5) is 44.0. The number of hydrogen-bond donors (Lipinski definition) is 1. The molecular formula is C22H19ClN4O4S. The number of benzene rings is 1. The van der Waals surface area contributed by atoms with Gasteiger partial charge in [-0.05, 0) is 35.9 Å². The minimum absolute atomic E-state index is 0.135. The number of carbonyl (C=O) groups is 2. The normalized spacial score (nSPS) is 10.9. The Hall–Kier alpha value is -3.43. The molecule has 4 rings (SSSR count). The maximum absolute atomic E-state index is 12.9. The summed E-state index contributed by atoms with van der Waals surface area (Å²) in [5, 5.41) is 3.31. The third kappa shape index (κ3) is 4.90. The van der Waals surface area contributed by atoms with Crippen molar-refractivity contribution in [2.45, 2.75) is 13.1 Å². The number of thiophene rings is 1. The van der Waals surface area contributed by atoms with Crippen molar-refractivity contribution >= 4 is 45.0 Å². The van der Waals surface area contributed by atoms with E-state index in [1.807, 2.05) is 18.2 Å². The first-order valence-electron chi connectivity index (χ1n) is 9.68. The molecule has 1 N–H and O–H groups in total. The molecule has 0 unspecified atom stereocenters. The van der Waals surface area contributed by atoms with Crippen molar-refractivity contribution in [1.29, 1.82) is 0 Å². The molecule has 4 aromatic rings. The molecule has 0 aliphatic rings. The fraction of sp³-hybridized carbons (Fsp3) is 0.182. The van der Waals surface area contributed by atoms with E-state index in [0.717, 1.165) is 10.4 Å². The van der Waals surface area contributed by atoms with Gasteiger partial charge < -0.3 is 14.6 Å². The molecule has 164 valence electrons. The third-order valence-electron chi connectivity index (χ3n) is 4.78. The van der Waals surface area contributed by atoms with Gasteiger partial charge in [-0.2, -0.15) is 0 Å². The summed E-state index contributed by atoms with van der Waals surface area (Å²) in [7, 11) is 1.51. The highest BCUT2D eigenvalue weighted by Gasteiger charge is 2.16. The highest BCUT2D eigenvalue weighted by Crippen LogP contribution is 2.31. The zero-order valence-electron chi connectivity index (χ0n) is 17.1. The van der Waals surface area contributed by atoms with Crippen LogP contribution in [0.25, 0.3) is 20.7 Å². The first kappa shape index (κ1) is 21.8. The number of hydrogen-bond acceptors (Lipinski definition) is 6. The standard InChI is InChI=1S/C22H19ClN4O4S/c1-26(11-19(28)24-10-16-3-2-8-31-16)20(29)12-27-13-25-17-9-18(32-21(17)22(27)30)14-4-6-15(23)7-5-14/h2-9,13H,10-12H2,1H3,(H,24,28). The van der Waals surface area contributed by atoms with Gasteiger partial charge in [0.2, 0.25) is 11.8 Å². The zero-order chi connectivity index (χ0) is 22.7. The fourth-order valence-corrected chi connectivity index (χ4v) is 4.23. The SMILES string of the molecule is CN(CC(=O)NCc1ccco1)C(=O)Cn1cnc2cc(-c3ccc(Cl)cc3)sc2c1=O. The average molecular weight is 471 g/mol. The summed E-state index contributed by atoms with van der Waals surface area (Å²) in [6.07, 6.45) is 2.87. The Morgan fingerprint density at radius 3 is 2.75 bits per heavy atom. The van der Waals surface area contributed by atoms with E-state index >= 15 is 0 Å². The van der Waals surface area contributed by atoms with E-state index in [-0.39, 0.29) is 37.0 Å². The number of rotatable bonds is 7. The van der Waals surface area contributed by atoms with Crippen molar-refractivity contribution in [3.05, 3.63) is 76.2 Å². The highest BCUT2D eigenvalue weighted by molar-refractivity contribution is 7.22. The molecule has 0 radical (unpaired) electrons. The van der Waals surface area contributed by atoms with Crippen molar-refractivity contribution < 1.29 is 14.0 Å². The van der Waals surface area contributed by atoms with Gasteiger partial charge in [-0.25, -0.2) is 4.98 Å². The third-order valence-corrected chi connectivity index (χ3v) is 6.20. The molecule has 0 saturated carbocycles. The molecule has 0 saturated heterocycles. The Morgan fingerprint density at radius 2 is 2.03 bits per heavy atom. The number of carbonyl (C=O) groups excluding carboxylic acids is 2. The van der Waals surface area contributed by atoms with E-state index in [1.165, 1.54) is 40.4 Å². The number of furan rings is 1. The van der Waals surface area contributed by atoms with Gasteiger partial charge in [0.05, 0.1) is 31.2 Å². The van der Waals surface area contributed by atoms with Gasteiger partial charge in [-0.15, -0.1) is 11.3 Å². The van der Waals surface area contributed by atoms with E-state index in [4.69, 9.17) is 16.0 Å². The highest BCUT2D eigenvalue weighted by atomic mass is 35.5. The number of amides is 2. The van der Waals surface area contributed by atoms with Crippen LogP contribution >= 0.6 is 22.9 Å². The second-order valence-electron chi connectivity index (χ2n) is 7.12. The predicted octanol–water partition coefficient (Wildman–Crippen LogP) is 3.15.